The van der Waals surface area contributed by atoms with Gasteiger partial charge in [-0.3, -0.25) is 14.5 Å². The van der Waals surface area contributed by atoms with Crippen molar-refractivity contribution in [3.05, 3.63) is 52.9 Å². The van der Waals surface area contributed by atoms with Crippen molar-refractivity contribution in [3.8, 4) is 0 Å². The highest BCUT2D eigenvalue weighted by molar-refractivity contribution is 8.26. The van der Waals surface area contributed by atoms with Crippen LogP contribution in [-0.2, 0) is 14.4 Å². The molecule has 0 bridgehead atoms. The van der Waals surface area contributed by atoms with Gasteiger partial charge in [-0.05, 0) is 28.8 Å². The molecule has 2 aromatic rings. The van der Waals surface area contributed by atoms with Crippen molar-refractivity contribution in [3.63, 3.8) is 0 Å². The topological polar surface area (TPSA) is 101 Å². The van der Waals surface area contributed by atoms with Crippen molar-refractivity contribution in [1.29, 1.82) is 0 Å². The lowest BCUT2D eigenvalue weighted by molar-refractivity contribution is -0.145. The third-order valence-corrected chi connectivity index (χ3v) is 5.52. The second-order valence-corrected chi connectivity index (χ2v) is 7.65. The molecule has 0 aromatic heterocycles. The normalized spacial score (nSPS) is 16.9. The first-order chi connectivity index (χ1) is 12.9. The van der Waals surface area contributed by atoms with Gasteiger partial charge < -0.3 is 10.8 Å². The number of fused-ring (bicyclic) bond motifs is 1. The lowest BCUT2D eigenvalue weighted by atomic mass is 10.0. The molecule has 2 amide bonds. The fraction of sp³-hybridized carbons (Fsp3) is 0.158. The summed E-state index contributed by atoms with van der Waals surface area (Å²) in [7, 11) is 0. The van der Waals surface area contributed by atoms with Crippen LogP contribution < -0.4 is 5.73 Å². The summed E-state index contributed by atoms with van der Waals surface area (Å²) in [5.41, 5.74) is 5.95. The van der Waals surface area contributed by atoms with Crippen LogP contribution in [0.2, 0.25) is 0 Å². The third kappa shape index (κ3) is 4.01. The minimum absolute atomic E-state index is 0.0847. The van der Waals surface area contributed by atoms with Gasteiger partial charge in [0, 0.05) is 6.42 Å². The van der Waals surface area contributed by atoms with Gasteiger partial charge in [0.15, 0.2) is 0 Å². The van der Waals surface area contributed by atoms with Gasteiger partial charge in [-0.15, -0.1) is 0 Å². The molecule has 0 saturated carbocycles. The van der Waals surface area contributed by atoms with E-state index >= 15 is 0 Å². The number of carboxylic acids is 1. The van der Waals surface area contributed by atoms with E-state index in [1.54, 1.807) is 6.08 Å². The third-order valence-electron chi connectivity index (χ3n) is 4.19. The molecule has 1 saturated heterocycles. The first-order valence-corrected chi connectivity index (χ1v) is 9.37. The van der Waals surface area contributed by atoms with E-state index in [1.807, 2.05) is 42.5 Å². The number of rotatable bonds is 6. The predicted octanol–water partition coefficient (Wildman–Crippen LogP) is 2.76. The van der Waals surface area contributed by atoms with Gasteiger partial charge >= 0.3 is 5.97 Å². The number of nitrogens with two attached hydrogens (primary N) is 1. The number of hydrogen-bond acceptors (Lipinski definition) is 5. The molecule has 2 aromatic carbocycles. The fourth-order valence-corrected chi connectivity index (χ4v) is 4.26. The number of nitrogens with zero attached hydrogens (tertiary/aromatic N) is 1. The van der Waals surface area contributed by atoms with Crippen LogP contribution >= 0.6 is 24.0 Å². The maximum atomic E-state index is 12.8. The van der Waals surface area contributed by atoms with E-state index in [4.69, 9.17) is 18.0 Å². The molecular formula is C19H16N2O4S2. The van der Waals surface area contributed by atoms with Crippen LogP contribution in [0.3, 0.4) is 0 Å². The summed E-state index contributed by atoms with van der Waals surface area (Å²) in [6.45, 7) is 0. The average Bonchev–Trinajstić information content (AvgIpc) is 2.89. The van der Waals surface area contributed by atoms with Crippen LogP contribution in [0.25, 0.3) is 16.8 Å². The minimum atomic E-state index is -1.22. The molecule has 8 heteroatoms. The van der Waals surface area contributed by atoms with Crippen LogP contribution in [0.4, 0.5) is 0 Å². The zero-order valence-electron chi connectivity index (χ0n) is 14.1. The van der Waals surface area contributed by atoms with E-state index < -0.39 is 23.8 Å². The van der Waals surface area contributed by atoms with E-state index in [0.29, 0.717) is 4.91 Å². The maximum Gasteiger partial charge on any atom is 0.326 e. The molecule has 6 nitrogen and oxygen atoms in total. The molecule has 1 atom stereocenters. The van der Waals surface area contributed by atoms with Gasteiger partial charge in [0.2, 0.25) is 5.91 Å². The Morgan fingerprint density at radius 3 is 2.63 bits per heavy atom. The predicted molar refractivity (Wildman–Crippen MR) is 109 cm³/mol. The highest BCUT2D eigenvalue weighted by atomic mass is 32.2. The lowest BCUT2D eigenvalue weighted by Gasteiger charge is -2.22. The number of hydrogen-bond donors (Lipinski definition) is 2. The molecular weight excluding hydrogens is 384 g/mol. The monoisotopic (exact) mass is 400 g/mol. The molecule has 0 spiro atoms. The molecule has 1 aliphatic heterocycles. The van der Waals surface area contributed by atoms with Gasteiger partial charge in [0.05, 0.1) is 4.91 Å². The summed E-state index contributed by atoms with van der Waals surface area (Å²) in [5.74, 6) is -2.33. The summed E-state index contributed by atoms with van der Waals surface area (Å²) in [5, 5.41) is 11.5. The smallest absolute Gasteiger partial charge is 0.326 e. The summed E-state index contributed by atoms with van der Waals surface area (Å²) in [6, 6.07) is 12.3. The molecule has 3 rings (SSSR count). The summed E-state index contributed by atoms with van der Waals surface area (Å²) >= 11 is 6.28. The Hall–Kier alpha value is -2.71. The van der Waals surface area contributed by atoms with Gasteiger partial charge in [0.25, 0.3) is 5.91 Å². The van der Waals surface area contributed by atoms with Crippen molar-refractivity contribution < 1.29 is 19.5 Å². The quantitative estimate of drug-likeness (QED) is 0.571. The van der Waals surface area contributed by atoms with Crippen molar-refractivity contribution in [2.24, 2.45) is 5.73 Å². The Kier molecular flexibility index (Phi) is 5.57. The highest BCUT2D eigenvalue weighted by Crippen LogP contribution is 2.35. The van der Waals surface area contributed by atoms with Crippen LogP contribution in [0.15, 0.2) is 47.4 Å². The Morgan fingerprint density at radius 2 is 1.93 bits per heavy atom. The van der Waals surface area contributed by atoms with E-state index in [0.717, 1.165) is 33.0 Å². The number of carboxylic acid groups (broad SMARTS) is 1. The van der Waals surface area contributed by atoms with Gasteiger partial charge in [-0.2, -0.15) is 0 Å². The maximum absolute atomic E-state index is 12.8. The number of aliphatic carboxylic acids is 1. The van der Waals surface area contributed by atoms with Crippen LogP contribution in [0.1, 0.15) is 18.4 Å². The molecule has 1 unspecified atom stereocenters. The Labute approximate surface area is 165 Å². The molecule has 0 aliphatic carbocycles. The van der Waals surface area contributed by atoms with E-state index in [-0.39, 0.29) is 17.2 Å². The van der Waals surface area contributed by atoms with Crippen LogP contribution in [0, 0.1) is 0 Å². The molecule has 1 aliphatic rings. The number of thioether (sulfide) groups is 1. The van der Waals surface area contributed by atoms with Crippen molar-refractivity contribution >= 4 is 62.9 Å². The molecule has 1 fully saturated rings. The molecule has 0 radical (unpaired) electrons. The number of benzene rings is 2. The number of thiocarbonyl (C=S) groups is 1. The number of carbonyl (C=O) groups excluding carboxylic acids is 2. The Morgan fingerprint density at radius 1 is 1.22 bits per heavy atom. The zero-order chi connectivity index (χ0) is 19.6. The fourth-order valence-electron chi connectivity index (χ4n) is 2.91. The first-order valence-electron chi connectivity index (χ1n) is 8.14. The average molecular weight is 400 g/mol. The SMILES string of the molecule is NC(=O)CCC(C(=O)O)N1C(=O)/C(=C/c2cccc3ccccc23)SC1=S. The molecule has 1 heterocycles. The van der Waals surface area contributed by atoms with E-state index in [9.17, 15) is 19.5 Å². The van der Waals surface area contributed by atoms with Crippen molar-refractivity contribution in [2.75, 3.05) is 0 Å². The molecule has 138 valence electrons. The second-order valence-electron chi connectivity index (χ2n) is 5.98. The number of amides is 2. The summed E-state index contributed by atoms with van der Waals surface area (Å²) < 4.78 is 0.156. The van der Waals surface area contributed by atoms with Gasteiger partial charge in [-0.1, -0.05) is 66.4 Å². The van der Waals surface area contributed by atoms with Crippen LogP contribution in [-0.4, -0.2) is 38.2 Å². The van der Waals surface area contributed by atoms with Crippen LogP contribution in [0.5, 0.6) is 0 Å². The van der Waals surface area contributed by atoms with Gasteiger partial charge in [0.1, 0.15) is 10.4 Å². The summed E-state index contributed by atoms with van der Waals surface area (Å²) in [6.07, 6.45) is 1.49. The largest absolute Gasteiger partial charge is 0.480 e. The first kappa shape index (κ1) is 19.1. The van der Waals surface area contributed by atoms with Gasteiger partial charge in [-0.25, -0.2) is 4.79 Å². The second kappa shape index (κ2) is 7.89. The van der Waals surface area contributed by atoms with Crippen molar-refractivity contribution in [2.45, 2.75) is 18.9 Å². The Bertz CT molecular complexity index is 981. The molecule has 27 heavy (non-hydrogen) atoms. The highest BCUT2D eigenvalue weighted by Gasteiger charge is 2.40. The van der Waals surface area contributed by atoms with E-state index in [2.05, 4.69) is 0 Å². The molecule has 3 N–H and O–H groups in total. The standard InChI is InChI=1S/C19H16N2O4S2/c20-16(22)9-8-14(18(24)25)21-17(23)15(27-19(21)26)10-12-6-3-5-11-4-1-2-7-13(11)12/h1-7,10,14H,8-9H2,(H2,20,22)(H,24,25)/b15-10-. The summed E-state index contributed by atoms with van der Waals surface area (Å²) in [4.78, 5) is 36.8. The lowest BCUT2D eigenvalue weighted by Crippen LogP contribution is -2.44. The van der Waals surface area contributed by atoms with Crippen molar-refractivity contribution in [1.82, 2.24) is 4.90 Å². The number of primary amides is 1. The minimum Gasteiger partial charge on any atom is -0.480 e. The zero-order valence-corrected chi connectivity index (χ0v) is 15.8. The Balaban J connectivity index is 1.94. The number of carbonyl (C=O) groups is 3. The van der Waals surface area contributed by atoms with E-state index in [1.165, 1.54) is 0 Å².